The van der Waals surface area contributed by atoms with Gasteiger partial charge >= 0.3 is 0 Å². The fraction of sp³-hybridized carbons (Fsp3) is 0.444. The lowest BCUT2D eigenvalue weighted by Crippen LogP contribution is -2.41. The van der Waals surface area contributed by atoms with Crippen LogP contribution >= 0.6 is 0 Å². The third-order valence-corrected chi connectivity index (χ3v) is 2.84. The van der Waals surface area contributed by atoms with Crippen molar-refractivity contribution in [1.82, 2.24) is 10.6 Å². The van der Waals surface area contributed by atoms with E-state index in [0.29, 0.717) is 18.5 Å². The van der Waals surface area contributed by atoms with Crippen LogP contribution in [0.5, 0.6) is 0 Å². The Kier molecular flexibility index (Phi) is 2.61. The fourth-order valence-corrected chi connectivity index (χ4v) is 1.79. The topological polar surface area (TPSA) is 124 Å². The standard InChI is InChI=1S/C9H12N4O3/c10-8(14)7-3-6(13-16-7)4-1-5(2-4)9(15)12-11/h3-5H,1-2,11H2,(H2,10,14)(H,12,15)/t4-,5-. The van der Waals surface area contributed by atoms with Crippen LogP contribution in [0.4, 0.5) is 0 Å². The van der Waals surface area contributed by atoms with Gasteiger partial charge in [0, 0.05) is 17.9 Å². The Hall–Kier alpha value is -1.89. The summed E-state index contributed by atoms with van der Waals surface area (Å²) >= 11 is 0. The van der Waals surface area contributed by atoms with E-state index in [9.17, 15) is 9.59 Å². The molecule has 1 saturated carbocycles. The van der Waals surface area contributed by atoms with Gasteiger partial charge in [-0.3, -0.25) is 15.0 Å². The minimum atomic E-state index is -0.644. The maximum absolute atomic E-state index is 11.1. The van der Waals surface area contributed by atoms with Gasteiger partial charge in [0.15, 0.2) is 0 Å². The molecule has 7 heteroatoms. The van der Waals surface area contributed by atoms with Gasteiger partial charge in [-0.15, -0.1) is 0 Å². The predicted molar refractivity (Wildman–Crippen MR) is 52.8 cm³/mol. The molecule has 0 saturated heterocycles. The van der Waals surface area contributed by atoms with E-state index in [4.69, 9.17) is 16.1 Å². The molecule has 5 N–H and O–H groups in total. The number of nitrogens with two attached hydrogens (primary N) is 2. The van der Waals surface area contributed by atoms with Gasteiger partial charge in [0.05, 0.1) is 5.69 Å². The van der Waals surface area contributed by atoms with Crippen LogP contribution in [0.3, 0.4) is 0 Å². The first-order chi connectivity index (χ1) is 7.61. The second kappa shape index (κ2) is 3.93. The number of hydrogen-bond donors (Lipinski definition) is 3. The Labute approximate surface area is 91.1 Å². The van der Waals surface area contributed by atoms with E-state index in [1.165, 1.54) is 6.07 Å². The highest BCUT2D eigenvalue weighted by Gasteiger charge is 2.37. The monoisotopic (exact) mass is 224 g/mol. The van der Waals surface area contributed by atoms with E-state index in [-0.39, 0.29) is 23.5 Å². The molecule has 1 fully saturated rings. The van der Waals surface area contributed by atoms with E-state index in [0.717, 1.165) is 0 Å². The number of amides is 2. The number of aromatic nitrogens is 1. The molecule has 1 aliphatic rings. The van der Waals surface area contributed by atoms with Gasteiger partial charge in [0.2, 0.25) is 11.7 Å². The Bertz CT molecular complexity index is 422. The van der Waals surface area contributed by atoms with Crippen molar-refractivity contribution >= 4 is 11.8 Å². The van der Waals surface area contributed by atoms with Gasteiger partial charge < -0.3 is 10.3 Å². The molecule has 0 radical (unpaired) electrons. The van der Waals surface area contributed by atoms with Crippen molar-refractivity contribution in [3.05, 3.63) is 17.5 Å². The molecule has 2 amide bonds. The first-order valence-electron chi connectivity index (χ1n) is 4.88. The van der Waals surface area contributed by atoms with E-state index >= 15 is 0 Å². The zero-order chi connectivity index (χ0) is 11.7. The molecule has 86 valence electrons. The summed E-state index contributed by atoms with van der Waals surface area (Å²) < 4.78 is 4.76. The molecule has 0 spiro atoms. The van der Waals surface area contributed by atoms with Crippen molar-refractivity contribution in [3.8, 4) is 0 Å². The zero-order valence-electron chi connectivity index (χ0n) is 8.47. The van der Waals surface area contributed by atoms with E-state index in [1.54, 1.807) is 0 Å². The van der Waals surface area contributed by atoms with E-state index in [1.807, 2.05) is 0 Å². The van der Waals surface area contributed by atoms with Gasteiger partial charge in [-0.1, -0.05) is 5.16 Å². The van der Waals surface area contributed by atoms with Gasteiger partial charge in [-0.05, 0) is 12.8 Å². The smallest absolute Gasteiger partial charge is 0.287 e. The molecule has 1 aliphatic carbocycles. The third kappa shape index (κ3) is 1.76. The molecule has 0 atom stereocenters. The lowest BCUT2D eigenvalue weighted by atomic mass is 9.73. The number of carbonyl (C=O) groups excluding carboxylic acids is 2. The van der Waals surface area contributed by atoms with E-state index in [2.05, 4.69) is 10.6 Å². The molecule has 0 bridgehead atoms. The lowest BCUT2D eigenvalue weighted by molar-refractivity contribution is -0.128. The van der Waals surface area contributed by atoms with Crippen molar-refractivity contribution in [3.63, 3.8) is 0 Å². The molecular formula is C9H12N4O3. The summed E-state index contributed by atoms with van der Waals surface area (Å²) in [6.45, 7) is 0. The molecule has 1 aromatic heterocycles. The number of nitrogens with zero attached hydrogens (tertiary/aromatic N) is 1. The predicted octanol–water partition coefficient (Wildman–Crippen LogP) is -0.743. The molecule has 16 heavy (non-hydrogen) atoms. The second-order valence-corrected chi connectivity index (χ2v) is 3.85. The van der Waals surface area contributed by atoms with Gasteiger partial charge in [0.25, 0.3) is 5.91 Å². The van der Waals surface area contributed by atoms with Crippen LogP contribution in [0.1, 0.15) is 35.0 Å². The van der Waals surface area contributed by atoms with Crippen molar-refractivity contribution in [2.75, 3.05) is 0 Å². The van der Waals surface area contributed by atoms with Crippen LogP contribution in [0.25, 0.3) is 0 Å². The Morgan fingerprint density at radius 2 is 2.19 bits per heavy atom. The zero-order valence-corrected chi connectivity index (χ0v) is 8.47. The summed E-state index contributed by atoms with van der Waals surface area (Å²) in [5.74, 6) is 4.30. The van der Waals surface area contributed by atoms with Crippen molar-refractivity contribution in [1.29, 1.82) is 0 Å². The largest absolute Gasteiger partial charge is 0.363 e. The summed E-state index contributed by atoms with van der Waals surface area (Å²) in [7, 11) is 0. The fourth-order valence-electron chi connectivity index (χ4n) is 1.79. The van der Waals surface area contributed by atoms with E-state index < -0.39 is 5.91 Å². The maximum Gasteiger partial charge on any atom is 0.287 e. The Morgan fingerprint density at radius 1 is 1.50 bits per heavy atom. The highest BCUT2D eigenvalue weighted by Crippen LogP contribution is 2.41. The minimum Gasteiger partial charge on any atom is -0.363 e. The first-order valence-corrected chi connectivity index (χ1v) is 4.88. The molecule has 2 rings (SSSR count). The van der Waals surface area contributed by atoms with Crippen LogP contribution < -0.4 is 17.0 Å². The quantitative estimate of drug-likeness (QED) is 0.354. The maximum atomic E-state index is 11.1. The van der Waals surface area contributed by atoms with Crippen molar-refractivity contribution in [2.45, 2.75) is 18.8 Å². The minimum absolute atomic E-state index is 0.0433. The molecule has 7 nitrogen and oxygen atoms in total. The second-order valence-electron chi connectivity index (χ2n) is 3.85. The summed E-state index contributed by atoms with van der Waals surface area (Å²) in [6, 6.07) is 1.52. The average Bonchev–Trinajstić information content (AvgIpc) is 2.64. The van der Waals surface area contributed by atoms with Crippen molar-refractivity contribution < 1.29 is 14.1 Å². The third-order valence-electron chi connectivity index (χ3n) is 2.84. The van der Waals surface area contributed by atoms with Crippen LogP contribution in [-0.2, 0) is 4.79 Å². The molecule has 1 aromatic rings. The SMILES string of the molecule is NNC(=O)[C@H]1C[C@H](c2cc(C(N)=O)on2)C1. The molecular weight excluding hydrogens is 212 g/mol. The molecule has 0 aliphatic heterocycles. The van der Waals surface area contributed by atoms with Gasteiger partial charge in [-0.2, -0.15) is 0 Å². The van der Waals surface area contributed by atoms with Crippen LogP contribution in [0.2, 0.25) is 0 Å². The highest BCUT2D eigenvalue weighted by molar-refractivity contribution is 5.89. The number of primary amides is 1. The Balaban J connectivity index is 1.96. The molecule has 0 unspecified atom stereocenters. The number of hydrogen-bond acceptors (Lipinski definition) is 5. The summed E-state index contributed by atoms with van der Waals surface area (Å²) in [5.41, 5.74) is 7.80. The first kappa shape index (κ1) is 10.6. The lowest BCUT2D eigenvalue weighted by Gasteiger charge is -2.31. The summed E-state index contributed by atoms with van der Waals surface area (Å²) in [4.78, 5) is 21.9. The van der Waals surface area contributed by atoms with Gasteiger partial charge in [-0.25, -0.2) is 5.84 Å². The highest BCUT2D eigenvalue weighted by atomic mass is 16.5. The number of hydrazine groups is 1. The number of rotatable bonds is 3. The molecule has 0 aromatic carbocycles. The van der Waals surface area contributed by atoms with Crippen LogP contribution in [-0.4, -0.2) is 17.0 Å². The molecule has 1 heterocycles. The Morgan fingerprint density at radius 3 is 2.69 bits per heavy atom. The normalized spacial score (nSPS) is 23.6. The number of nitrogens with one attached hydrogen (secondary N) is 1. The summed E-state index contributed by atoms with van der Waals surface area (Å²) in [5, 5.41) is 3.74. The summed E-state index contributed by atoms with van der Waals surface area (Å²) in [6.07, 6.45) is 1.32. The number of carbonyl (C=O) groups is 2. The van der Waals surface area contributed by atoms with Crippen LogP contribution in [0, 0.1) is 5.92 Å². The van der Waals surface area contributed by atoms with Gasteiger partial charge in [0.1, 0.15) is 0 Å². The average molecular weight is 224 g/mol. The van der Waals surface area contributed by atoms with Crippen LogP contribution in [0.15, 0.2) is 10.6 Å². The van der Waals surface area contributed by atoms with Crippen molar-refractivity contribution in [2.24, 2.45) is 17.5 Å².